The lowest BCUT2D eigenvalue weighted by Gasteiger charge is -2.38. The van der Waals surface area contributed by atoms with Crippen molar-refractivity contribution in [2.45, 2.75) is 32.4 Å². The minimum Gasteiger partial charge on any atom is -0.383 e. The largest absolute Gasteiger partial charge is 0.419 e. The van der Waals surface area contributed by atoms with E-state index in [-0.39, 0.29) is 5.82 Å². The van der Waals surface area contributed by atoms with Gasteiger partial charge in [0.05, 0.1) is 11.1 Å². The molecule has 2 aromatic heterocycles. The fourth-order valence-corrected chi connectivity index (χ4v) is 4.92. The van der Waals surface area contributed by atoms with Gasteiger partial charge in [-0.25, -0.2) is 4.98 Å². The molecule has 0 bridgehead atoms. The second-order valence-electron chi connectivity index (χ2n) is 9.37. The lowest BCUT2D eigenvalue weighted by atomic mass is 10.0. The van der Waals surface area contributed by atoms with E-state index in [2.05, 4.69) is 19.8 Å². The number of hydrogen-bond acceptors (Lipinski definition) is 7. The minimum atomic E-state index is -4.45. The number of pyridine rings is 1. The van der Waals surface area contributed by atoms with Crippen molar-refractivity contribution in [3.8, 4) is 11.1 Å². The quantitative estimate of drug-likeness (QED) is 0.557. The molecule has 0 atom stereocenters. The molecule has 0 aliphatic carbocycles. The van der Waals surface area contributed by atoms with Crippen molar-refractivity contribution in [1.82, 2.24) is 15.0 Å². The molecule has 36 heavy (non-hydrogen) atoms. The van der Waals surface area contributed by atoms with Crippen LogP contribution in [0.15, 0.2) is 42.6 Å². The molecule has 7 nitrogen and oxygen atoms in total. The summed E-state index contributed by atoms with van der Waals surface area (Å²) >= 11 is 0. The molecule has 2 saturated heterocycles. The number of benzene rings is 1. The van der Waals surface area contributed by atoms with Gasteiger partial charge >= 0.3 is 6.18 Å². The molecular weight excluding hydrogens is 467 g/mol. The zero-order valence-electron chi connectivity index (χ0n) is 20.3. The van der Waals surface area contributed by atoms with Crippen LogP contribution in [-0.2, 0) is 6.18 Å². The fraction of sp³-hybridized carbons (Fsp3) is 0.423. The summed E-state index contributed by atoms with van der Waals surface area (Å²) in [5, 5.41) is 0. The average Bonchev–Trinajstić information content (AvgIpc) is 2.89. The molecule has 4 heterocycles. The predicted octanol–water partition coefficient (Wildman–Crippen LogP) is 4.76. The van der Waals surface area contributed by atoms with Gasteiger partial charge in [-0.15, -0.1) is 0 Å². The maximum absolute atomic E-state index is 13.6. The zero-order valence-corrected chi connectivity index (χ0v) is 20.3. The molecule has 2 aliphatic heterocycles. The Bertz CT molecular complexity index is 1200. The minimum absolute atomic E-state index is 0.0281. The monoisotopic (exact) mass is 497 g/mol. The number of piperazine rings is 1. The van der Waals surface area contributed by atoms with Gasteiger partial charge in [0, 0.05) is 45.5 Å². The molecule has 190 valence electrons. The molecule has 1 aromatic carbocycles. The summed E-state index contributed by atoms with van der Waals surface area (Å²) in [4.78, 5) is 19.7. The van der Waals surface area contributed by atoms with E-state index in [1.165, 1.54) is 18.7 Å². The van der Waals surface area contributed by atoms with Crippen molar-refractivity contribution in [2.75, 3.05) is 59.7 Å². The standard InChI is InChI=1S/C26H30F3N7/c1-18-7-9-19(10-8-18)21-22(30)32-25(36-12-3-2-4-13-36)33-24(21)35-16-14-34(15-17-35)23-20(26(27,28)29)6-5-11-31-23/h5-11H,2-4,12-17H2,1H3,(H2,30,32,33). The normalized spacial score (nSPS) is 16.9. The molecule has 0 spiro atoms. The van der Waals surface area contributed by atoms with Gasteiger partial charge in [0.1, 0.15) is 17.5 Å². The van der Waals surface area contributed by atoms with Gasteiger partial charge in [0.2, 0.25) is 5.95 Å². The summed E-state index contributed by atoms with van der Waals surface area (Å²) in [7, 11) is 0. The Balaban J connectivity index is 1.47. The first-order chi connectivity index (χ1) is 17.3. The SMILES string of the molecule is Cc1ccc(-c2c(N)nc(N3CCCCC3)nc2N2CCN(c3ncccc3C(F)(F)F)CC2)cc1. The van der Waals surface area contributed by atoms with Crippen LogP contribution in [0.2, 0.25) is 0 Å². The second kappa shape index (κ2) is 9.83. The van der Waals surface area contributed by atoms with Gasteiger partial charge in [0.15, 0.2) is 0 Å². The number of nitrogens with two attached hydrogens (primary N) is 1. The van der Waals surface area contributed by atoms with Crippen LogP contribution in [0, 0.1) is 6.92 Å². The third-order valence-electron chi connectivity index (χ3n) is 6.86. The summed E-state index contributed by atoms with van der Waals surface area (Å²) in [6, 6.07) is 10.5. The third-order valence-corrected chi connectivity index (χ3v) is 6.86. The molecule has 10 heteroatoms. The maximum atomic E-state index is 13.6. The molecular formula is C26H30F3N7. The highest BCUT2D eigenvalue weighted by Crippen LogP contribution is 2.38. The van der Waals surface area contributed by atoms with E-state index in [9.17, 15) is 13.2 Å². The van der Waals surface area contributed by atoms with E-state index < -0.39 is 11.7 Å². The Kier molecular flexibility index (Phi) is 6.59. The van der Waals surface area contributed by atoms with Crippen LogP contribution >= 0.6 is 0 Å². The maximum Gasteiger partial charge on any atom is 0.419 e. The van der Waals surface area contributed by atoms with Crippen LogP contribution in [-0.4, -0.2) is 54.2 Å². The molecule has 5 rings (SSSR count). The fourth-order valence-electron chi connectivity index (χ4n) is 4.92. The van der Waals surface area contributed by atoms with Crippen LogP contribution in [0.3, 0.4) is 0 Å². The molecule has 2 aliphatic rings. The molecule has 2 N–H and O–H groups in total. The number of nitrogen functional groups attached to an aromatic ring is 1. The Morgan fingerprint density at radius 1 is 0.778 bits per heavy atom. The van der Waals surface area contributed by atoms with Gasteiger partial charge in [-0.3, -0.25) is 0 Å². The van der Waals surface area contributed by atoms with Crippen LogP contribution in [0.4, 0.5) is 36.6 Å². The van der Waals surface area contributed by atoms with Crippen LogP contribution in [0.25, 0.3) is 11.1 Å². The average molecular weight is 498 g/mol. The highest BCUT2D eigenvalue weighted by atomic mass is 19.4. The molecule has 0 saturated carbocycles. The first-order valence-corrected chi connectivity index (χ1v) is 12.3. The first-order valence-electron chi connectivity index (χ1n) is 12.3. The third kappa shape index (κ3) is 4.89. The van der Waals surface area contributed by atoms with Crippen molar-refractivity contribution in [3.63, 3.8) is 0 Å². The highest BCUT2D eigenvalue weighted by Gasteiger charge is 2.36. The molecule has 0 radical (unpaired) electrons. The van der Waals surface area contributed by atoms with E-state index >= 15 is 0 Å². The van der Waals surface area contributed by atoms with Crippen LogP contribution < -0.4 is 20.4 Å². The summed E-state index contributed by atoms with van der Waals surface area (Å²) in [6.45, 7) is 5.54. The van der Waals surface area contributed by atoms with Crippen LogP contribution in [0.1, 0.15) is 30.4 Å². The summed E-state index contributed by atoms with van der Waals surface area (Å²) in [6.07, 6.45) is 0.313. The zero-order chi connectivity index (χ0) is 25.3. The van der Waals surface area contributed by atoms with Crippen molar-refractivity contribution in [1.29, 1.82) is 0 Å². The van der Waals surface area contributed by atoms with Gasteiger partial charge in [-0.2, -0.15) is 23.1 Å². The number of aryl methyl sites for hydroxylation is 1. The smallest absolute Gasteiger partial charge is 0.383 e. The summed E-state index contributed by atoms with van der Waals surface area (Å²) in [5.74, 6) is 1.73. The Labute approximate surface area is 208 Å². The Morgan fingerprint density at radius 2 is 1.42 bits per heavy atom. The number of piperidine rings is 1. The summed E-state index contributed by atoms with van der Waals surface area (Å²) < 4.78 is 40.7. The van der Waals surface area contributed by atoms with Crippen molar-refractivity contribution >= 4 is 23.4 Å². The lowest BCUT2D eigenvalue weighted by Crippen LogP contribution is -2.48. The first kappa shape index (κ1) is 24.1. The van der Waals surface area contributed by atoms with Gasteiger partial charge in [-0.05, 0) is 43.9 Å². The van der Waals surface area contributed by atoms with E-state index in [4.69, 9.17) is 10.7 Å². The number of halogens is 3. The predicted molar refractivity (Wildman–Crippen MR) is 136 cm³/mol. The number of anilines is 4. The van der Waals surface area contributed by atoms with E-state index in [1.807, 2.05) is 31.2 Å². The number of hydrogen-bond donors (Lipinski definition) is 1. The lowest BCUT2D eigenvalue weighted by molar-refractivity contribution is -0.137. The molecule has 0 unspecified atom stereocenters. The van der Waals surface area contributed by atoms with E-state index in [0.29, 0.717) is 37.9 Å². The van der Waals surface area contributed by atoms with Gasteiger partial charge < -0.3 is 20.4 Å². The number of aromatic nitrogens is 3. The Morgan fingerprint density at radius 3 is 2.06 bits per heavy atom. The van der Waals surface area contributed by atoms with E-state index in [1.54, 1.807) is 4.90 Å². The molecule has 0 amide bonds. The number of rotatable bonds is 4. The van der Waals surface area contributed by atoms with Crippen molar-refractivity contribution < 1.29 is 13.2 Å². The van der Waals surface area contributed by atoms with Gasteiger partial charge in [-0.1, -0.05) is 29.8 Å². The number of alkyl halides is 3. The topological polar surface area (TPSA) is 74.4 Å². The molecule has 2 fully saturated rings. The van der Waals surface area contributed by atoms with Crippen LogP contribution in [0.5, 0.6) is 0 Å². The second-order valence-corrected chi connectivity index (χ2v) is 9.37. The van der Waals surface area contributed by atoms with Crippen molar-refractivity contribution in [3.05, 3.63) is 53.7 Å². The van der Waals surface area contributed by atoms with Gasteiger partial charge in [0.25, 0.3) is 0 Å². The highest BCUT2D eigenvalue weighted by molar-refractivity contribution is 5.85. The van der Waals surface area contributed by atoms with E-state index in [0.717, 1.165) is 54.5 Å². The molecule has 3 aromatic rings. The Hall–Kier alpha value is -3.56. The van der Waals surface area contributed by atoms with Crippen molar-refractivity contribution in [2.24, 2.45) is 0 Å². The summed E-state index contributed by atoms with van der Waals surface area (Å²) in [5.41, 5.74) is 8.65. The number of nitrogens with zero attached hydrogens (tertiary/aromatic N) is 6.